The molecule has 4 nitrogen and oxygen atoms in total. The van der Waals surface area contributed by atoms with E-state index in [-0.39, 0.29) is 5.91 Å². The van der Waals surface area contributed by atoms with E-state index in [4.69, 9.17) is 0 Å². The molecular formula is C16H25N3OS. The standard InChI is InChI=1S/C16H25N3OS/c20-16(18-11-13-5-4-10-21-13)12-19-9-2-1-7-15(19)14-6-3-8-17-14/h4-5,10,14-15,17H,1-3,6-9,11-12H2,(H,18,20). The zero-order valence-corrected chi connectivity index (χ0v) is 13.3. The Kier molecular flexibility index (Phi) is 5.27. The van der Waals surface area contributed by atoms with Crippen molar-refractivity contribution < 1.29 is 4.79 Å². The topological polar surface area (TPSA) is 44.4 Å². The number of carbonyl (C=O) groups is 1. The fraction of sp³-hybridized carbons (Fsp3) is 0.688. The number of hydrogen-bond donors (Lipinski definition) is 2. The van der Waals surface area contributed by atoms with Crippen molar-refractivity contribution in [1.29, 1.82) is 0 Å². The van der Waals surface area contributed by atoms with Crippen molar-refractivity contribution in [1.82, 2.24) is 15.5 Å². The van der Waals surface area contributed by atoms with Crippen molar-refractivity contribution in [2.45, 2.75) is 50.7 Å². The minimum atomic E-state index is 0.160. The van der Waals surface area contributed by atoms with E-state index in [2.05, 4.69) is 21.6 Å². The van der Waals surface area contributed by atoms with Crippen LogP contribution in [0.1, 0.15) is 37.0 Å². The summed E-state index contributed by atoms with van der Waals surface area (Å²) in [6.07, 6.45) is 6.30. The summed E-state index contributed by atoms with van der Waals surface area (Å²) in [4.78, 5) is 15.8. The molecule has 2 aliphatic heterocycles. The Bertz CT molecular complexity index is 442. The van der Waals surface area contributed by atoms with Crippen LogP contribution in [0, 0.1) is 0 Å². The van der Waals surface area contributed by atoms with E-state index in [1.165, 1.54) is 37.0 Å². The van der Waals surface area contributed by atoms with Gasteiger partial charge in [-0.3, -0.25) is 9.69 Å². The van der Waals surface area contributed by atoms with Gasteiger partial charge in [0.15, 0.2) is 0 Å². The summed E-state index contributed by atoms with van der Waals surface area (Å²) < 4.78 is 0. The Hall–Kier alpha value is -0.910. The van der Waals surface area contributed by atoms with Gasteiger partial charge in [0.2, 0.25) is 5.91 Å². The molecule has 3 heterocycles. The lowest BCUT2D eigenvalue weighted by molar-refractivity contribution is -0.123. The van der Waals surface area contributed by atoms with E-state index < -0.39 is 0 Å². The van der Waals surface area contributed by atoms with Gasteiger partial charge in [0, 0.05) is 17.0 Å². The first kappa shape index (κ1) is 15.0. The first-order chi connectivity index (χ1) is 10.3. The molecule has 2 fully saturated rings. The van der Waals surface area contributed by atoms with Gasteiger partial charge in [-0.1, -0.05) is 12.5 Å². The number of hydrogen-bond acceptors (Lipinski definition) is 4. The first-order valence-electron chi connectivity index (χ1n) is 8.09. The number of rotatable bonds is 5. The minimum absolute atomic E-state index is 0.160. The molecule has 1 aromatic rings. The number of nitrogens with zero attached hydrogens (tertiary/aromatic N) is 1. The van der Waals surface area contributed by atoms with E-state index in [0.29, 0.717) is 25.2 Å². The van der Waals surface area contributed by atoms with Crippen LogP contribution in [-0.2, 0) is 11.3 Å². The molecule has 3 rings (SSSR count). The maximum atomic E-state index is 12.2. The average Bonchev–Trinajstić information content (AvgIpc) is 3.19. The van der Waals surface area contributed by atoms with Gasteiger partial charge in [-0.25, -0.2) is 0 Å². The predicted octanol–water partition coefficient (Wildman–Crippen LogP) is 1.97. The third-order valence-corrected chi connectivity index (χ3v) is 5.49. The largest absolute Gasteiger partial charge is 0.350 e. The SMILES string of the molecule is O=C(CN1CCCCC1C1CCCN1)NCc1cccs1. The van der Waals surface area contributed by atoms with Crippen LogP contribution in [-0.4, -0.2) is 42.5 Å². The molecule has 1 aromatic heterocycles. The second-order valence-corrected chi connectivity index (χ2v) is 7.12. The van der Waals surface area contributed by atoms with Crippen LogP contribution >= 0.6 is 11.3 Å². The fourth-order valence-corrected chi connectivity index (χ4v) is 4.19. The highest BCUT2D eigenvalue weighted by Crippen LogP contribution is 2.23. The van der Waals surface area contributed by atoms with Gasteiger partial charge >= 0.3 is 0 Å². The molecule has 0 bridgehead atoms. The molecule has 2 saturated heterocycles. The van der Waals surface area contributed by atoms with E-state index in [1.807, 2.05) is 11.4 Å². The van der Waals surface area contributed by atoms with Crippen LogP contribution in [0.3, 0.4) is 0 Å². The van der Waals surface area contributed by atoms with E-state index in [0.717, 1.165) is 13.1 Å². The summed E-state index contributed by atoms with van der Waals surface area (Å²) in [6, 6.07) is 5.24. The molecular weight excluding hydrogens is 282 g/mol. The number of carbonyl (C=O) groups excluding carboxylic acids is 1. The van der Waals surface area contributed by atoms with Gasteiger partial charge < -0.3 is 10.6 Å². The van der Waals surface area contributed by atoms with Crippen molar-refractivity contribution in [3.63, 3.8) is 0 Å². The maximum absolute atomic E-state index is 12.2. The summed E-state index contributed by atoms with van der Waals surface area (Å²) in [5.41, 5.74) is 0. The fourth-order valence-electron chi connectivity index (χ4n) is 3.55. The lowest BCUT2D eigenvalue weighted by Crippen LogP contribution is -2.52. The van der Waals surface area contributed by atoms with E-state index in [9.17, 15) is 4.79 Å². The number of piperidine rings is 1. The van der Waals surface area contributed by atoms with Crippen LogP contribution in [0.25, 0.3) is 0 Å². The molecule has 116 valence electrons. The molecule has 0 saturated carbocycles. The van der Waals surface area contributed by atoms with Crippen molar-refractivity contribution in [2.75, 3.05) is 19.6 Å². The van der Waals surface area contributed by atoms with Crippen LogP contribution in [0.5, 0.6) is 0 Å². The van der Waals surface area contributed by atoms with Crippen molar-refractivity contribution in [2.24, 2.45) is 0 Å². The van der Waals surface area contributed by atoms with Gasteiger partial charge in [0.05, 0.1) is 13.1 Å². The lowest BCUT2D eigenvalue weighted by Gasteiger charge is -2.38. The smallest absolute Gasteiger partial charge is 0.234 e. The van der Waals surface area contributed by atoms with Crippen LogP contribution < -0.4 is 10.6 Å². The molecule has 2 unspecified atom stereocenters. The predicted molar refractivity (Wildman–Crippen MR) is 86.4 cm³/mol. The Morgan fingerprint density at radius 3 is 3.10 bits per heavy atom. The number of thiophene rings is 1. The molecule has 0 aliphatic carbocycles. The summed E-state index contributed by atoms with van der Waals surface area (Å²) >= 11 is 1.69. The summed E-state index contributed by atoms with van der Waals surface area (Å²) in [6.45, 7) is 3.42. The van der Waals surface area contributed by atoms with E-state index >= 15 is 0 Å². The average molecular weight is 307 g/mol. The highest BCUT2D eigenvalue weighted by molar-refractivity contribution is 7.09. The van der Waals surface area contributed by atoms with Gasteiger partial charge in [0.1, 0.15) is 0 Å². The summed E-state index contributed by atoms with van der Waals surface area (Å²) in [5, 5.41) is 8.71. The molecule has 2 atom stereocenters. The second kappa shape index (κ2) is 7.38. The normalized spacial score (nSPS) is 26.9. The highest BCUT2D eigenvalue weighted by atomic mass is 32.1. The summed E-state index contributed by atoms with van der Waals surface area (Å²) in [7, 11) is 0. The number of likely N-dealkylation sites (tertiary alicyclic amines) is 1. The van der Waals surface area contributed by atoms with Crippen LogP contribution in [0.2, 0.25) is 0 Å². The monoisotopic (exact) mass is 307 g/mol. The summed E-state index contributed by atoms with van der Waals surface area (Å²) in [5.74, 6) is 0.160. The maximum Gasteiger partial charge on any atom is 0.234 e. The third kappa shape index (κ3) is 4.05. The minimum Gasteiger partial charge on any atom is -0.350 e. The molecule has 0 radical (unpaired) electrons. The van der Waals surface area contributed by atoms with Gasteiger partial charge in [-0.2, -0.15) is 0 Å². The Morgan fingerprint density at radius 1 is 1.38 bits per heavy atom. The third-order valence-electron chi connectivity index (χ3n) is 4.61. The molecule has 21 heavy (non-hydrogen) atoms. The van der Waals surface area contributed by atoms with Crippen molar-refractivity contribution in [3.8, 4) is 0 Å². The molecule has 1 amide bonds. The van der Waals surface area contributed by atoms with Crippen molar-refractivity contribution in [3.05, 3.63) is 22.4 Å². The highest BCUT2D eigenvalue weighted by Gasteiger charge is 2.32. The van der Waals surface area contributed by atoms with Crippen LogP contribution in [0.4, 0.5) is 0 Å². The lowest BCUT2D eigenvalue weighted by atomic mass is 9.94. The molecule has 2 N–H and O–H groups in total. The number of nitrogens with one attached hydrogen (secondary N) is 2. The Balaban J connectivity index is 1.50. The first-order valence-corrected chi connectivity index (χ1v) is 8.97. The van der Waals surface area contributed by atoms with E-state index in [1.54, 1.807) is 11.3 Å². The van der Waals surface area contributed by atoms with Gasteiger partial charge in [-0.05, 0) is 50.2 Å². The number of amides is 1. The second-order valence-electron chi connectivity index (χ2n) is 6.09. The Morgan fingerprint density at radius 2 is 2.33 bits per heavy atom. The zero-order valence-electron chi connectivity index (χ0n) is 12.5. The van der Waals surface area contributed by atoms with Gasteiger partial charge in [0.25, 0.3) is 0 Å². The molecule has 0 spiro atoms. The molecule has 2 aliphatic rings. The molecule has 0 aromatic carbocycles. The van der Waals surface area contributed by atoms with Crippen molar-refractivity contribution >= 4 is 17.2 Å². The Labute approximate surface area is 130 Å². The zero-order chi connectivity index (χ0) is 14.5. The molecule has 5 heteroatoms. The van der Waals surface area contributed by atoms with Crippen LogP contribution in [0.15, 0.2) is 17.5 Å². The quantitative estimate of drug-likeness (QED) is 0.874. The van der Waals surface area contributed by atoms with Gasteiger partial charge in [-0.15, -0.1) is 11.3 Å².